The maximum atomic E-state index is 12.8. The lowest BCUT2D eigenvalue weighted by atomic mass is 10.2. The average Bonchev–Trinajstić information content (AvgIpc) is 2.68. The van der Waals surface area contributed by atoms with E-state index in [4.69, 9.17) is 9.84 Å². The summed E-state index contributed by atoms with van der Waals surface area (Å²) in [4.78, 5) is 0. The Balaban J connectivity index is 2.50. The molecule has 0 radical (unpaired) electrons. The Morgan fingerprint density at radius 3 is 2.62 bits per heavy atom. The molecule has 1 rings (SSSR count). The summed E-state index contributed by atoms with van der Waals surface area (Å²) in [7, 11) is 0. The lowest BCUT2D eigenvalue weighted by Gasteiger charge is -2.25. The number of aliphatic hydroxyl groups excluding tert-OH is 1. The van der Waals surface area contributed by atoms with Gasteiger partial charge in [0.25, 0.3) is 0 Å². The monoisotopic (exact) mass is 258 g/mol. The highest BCUT2D eigenvalue weighted by Gasteiger charge is 2.46. The molecule has 0 aromatic rings. The second kappa shape index (κ2) is 6.12. The number of thioether (sulfide) groups is 1. The van der Waals surface area contributed by atoms with Gasteiger partial charge >= 0.3 is 6.18 Å². The molecule has 1 saturated heterocycles. The second-order valence-electron chi connectivity index (χ2n) is 4.13. The van der Waals surface area contributed by atoms with E-state index in [1.807, 2.05) is 0 Å². The summed E-state index contributed by atoms with van der Waals surface area (Å²) in [5.41, 5.74) is 0. The molecule has 1 fully saturated rings. The molecule has 1 aliphatic rings. The van der Waals surface area contributed by atoms with E-state index in [9.17, 15) is 13.2 Å². The molecule has 3 unspecified atom stereocenters. The number of ether oxygens (including phenoxy) is 1. The molecule has 96 valence electrons. The third-order valence-corrected chi connectivity index (χ3v) is 4.19. The van der Waals surface area contributed by atoms with Gasteiger partial charge in [-0.2, -0.15) is 13.2 Å². The minimum atomic E-state index is -4.23. The molecule has 0 aromatic heterocycles. The SMILES string of the molecule is CC(CO)CSC(C1CCCO1)C(F)(F)F. The van der Waals surface area contributed by atoms with E-state index in [1.54, 1.807) is 6.92 Å². The zero-order valence-corrected chi connectivity index (χ0v) is 9.98. The van der Waals surface area contributed by atoms with Crippen LogP contribution in [0.25, 0.3) is 0 Å². The summed E-state index contributed by atoms with van der Waals surface area (Å²) in [6, 6.07) is 0. The highest BCUT2D eigenvalue weighted by Crippen LogP contribution is 2.38. The first-order valence-corrected chi connectivity index (χ1v) is 6.40. The minimum absolute atomic E-state index is 0.0803. The summed E-state index contributed by atoms with van der Waals surface area (Å²) >= 11 is 0.848. The molecule has 0 spiro atoms. The van der Waals surface area contributed by atoms with Crippen LogP contribution in [-0.2, 0) is 4.74 Å². The highest BCUT2D eigenvalue weighted by atomic mass is 32.2. The van der Waals surface area contributed by atoms with Crippen molar-refractivity contribution in [3.8, 4) is 0 Å². The number of hydrogen-bond donors (Lipinski definition) is 1. The van der Waals surface area contributed by atoms with Gasteiger partial charge in [-0.1, -0.05) is 6.92 Å². The van der Waals surface area contributed by atoms with Gasteiger partial charge < -0.3 is 9.84 Å². The Morgan fingerprint density at radius 1 is 1.50 bits per heavy atom. The van der Waals surface area contributed by atoms with Crippen molar-refractivity contribution < 1.29 is 23.0 Å². The Kier molecular flexibility index (Phi) is 5.40. The fourth-order valence-corrected chi connectivity index (χ4v) is 2.83. The molecule has 3 atom stereocenters. The van der Waals surface area contributed by atoms with Gasteiger partial charge in [-0.15, -0.1) is 11.8 Å². The van der Waals surface area contributed by atoms with Gasteiger partial charge in [-0.25, -0.2) is 0 Å². The van der Waals surface area contributed by atoms with Crippen LogP contribution in [0.2, 0.25) is 0 Å². The number of hydrogen-bond acceptors (Lipinski definition) is 3. The Hall–Kier alpha value is 0.0600. The van der Waals surface area contributed by atoms with E-state index < -0.39 is 17.5 Å². The molecule has 1 N–H and O–H groups in total. The van der Waals surface area contributed by atoms with Gasteiger partial charge in [0.15, 0.2) is 0 Å². The molecule has 16 heavy (non-hydrogen) atoms. The van der Waals surface area contributed by atoms with Crippen molar-refractivity contribution in [1.82, 2.24) is 0 Å². The summed E-state index contributed by atoms with van der Waals surface area (Å²) < 4.78 is 43.4. The first kappa shape index (κ1) is 14.1. The lowest BCUT2D eigenvalue weighted by molar-refractivity contribution is -0.148. The van der Waals surface area contributed by atoms with Crippen LogP contribution in [0.3, 0.4) is 0 Å². The van der Waals surface area contributed by atoms with Crippen molar-refractivity contribution >= 4 is 11.8 Å². The molecule has 1 aliphatic heterocycles. The fraction of sp³-hybridized carbons (Fsp3) is 1.00. The minimum Gasteiger partial charge on any atom is -0.396 e. The van der Waals surface area contributed by atoms with Crippen LogP contribution in [0.15, 0.2) is 0 Å². The Morgan fingerprint density at radius 2 is 2.19 bits per heavy atom. The molecule has 2 nitrogen and oxygen atoms in total. The molecule has 6 heteroatoms. The van der Waals surface area contributed by atoms with Crippen molar-refractivity contribution in [2.24, 2.45) is 5.92 Å². The van der Waals surface area contributed by atoms with Gasteiger partial charge in [0.1, 0.15) is 5.25 Å². The fourth-order valence-electron chi connectivity index (χ4n) is 1.57. The molecule has 1 heterocycles. The predicted octanol–water partition coefficient (Wildman–Crippen LogP) is 2.46. The molecule has 0 aliphatic carbocycles. The van der Waals surface area contributed by atoms with E-state index in [2.05, 4.69) is 0 Å². The summed E-state index contributed by atoms with van der Waals surface area (Å²) in [6.07, 6.45) is -3.76. The Labute approximate surface area is 97.5 Å². The van der Waals surface area contributed by atoms with E-state index in [-0.39, 0.29) is 12.5 Å². The molecule has 0 amide bonds. The quantitative estimate of drug-likeness (QED) is 0.821. The van der Waals surface area contributed by atoms with Crippen LogP contribution < -0.4 is 0 Å². The van der Waals surface area contributed by atoms with Crippen molar-refractivity contribution in [3.05, 3.63) is 0 Å². The third kappa shape index (κ3) is 4.14. The van der Waals surface area contributed by atoms with Gasteiger partial charge in [0.2, 0.25) is 0 Å². The molecule has 0 saturated carbocycles. The molecular weight excluding hydrogens is 241 g/mol. The first-order chi connectivity index (χ1) is 7.45. The van der Waals surface area contributed by atoms with Gasteiger partial charge in [0, 0.05) is 13.2 Å². The summed E-state index contributed by atoms with van der Waals surface area (Å²) in [6.45, 7) is 2.08. The molecule has 0 aromatic carbocycles. The first-order valence-electron chi connectivity index (χ1n) is 5.36. The lowest BCUT2D eigenvalue weighted by Crippen LogP contribution is -2.37. The van der Waals surface area contributed by atoms with Crippen molar-refractivity contribution in [1.29, 1.82) is 0 Å². The van der Waals surface area contributed by atoms with Crippen molar-refractivity contribution in [3.63, 3.8) is 0 Å². The van der Waals surface area contributed by atoms with Gasteiger partial charge in [-0.3, -0.25) is 0 Å². The maximum Gasteiger partial charge on any atom is 0.403 e. The van der Waals surface area contributed by atoms with E-state index >= 15 is 0 Å². The number of halogens is 3. The van der Waals surface area contributed by atoms with Crippen LogP contribution in [0.1, 0.15) is 19.8 Å². The van der Waals surface area contributed by atoms with E-state index in [0.29, 0.717) is 25.2 Å². The van der Waals surface area contributed by atoms with Crippen LogP contribution in [-0.4, -0.2) is 41.6 Å². The van der Waals surface area contributed by atoms with Crippen LogP contribution >= 0.6 is 11.8 Å². The van der Waals surface area contributed by atoms with E-state index in [1.165, 1.54) is 0 Å². The van der Waals surface area contributed by atoms with Gasteiger partial charge in [-0.05, 0) is 24.5 Å². The molecule has 0 bridgehead atoms. The number of rotatable bonds is 5. The predicted molar refractivity (Wildman–Crippen MR) is 57.5 cm³/mol. The Bertz CT molecular complexity index is 205. The van der Waals surface area contributed by atoms with E-state index in [0.717, 1.165) is 11.8 Å². The number of aliphatic hydroxyl groups is 1. The normalized spacial score (nSPS) is 25.7. The van der Waals surface area contributed by atoms with Crippen LogP contribution in [0.5, 0.6) is 0 Å². The summed E-state index contributed by atoms with van der Waals surface area (Å²) in [5, 5.41) is 7.34. The van der Waals surface area contributed by atoms with Gasteiger partial charge in [0.05, 0.1) is 6.10 Å². The van der Waals surface area contributed by atoms with Crippen molar-refractivity contribution in [2.75, 3.05) is 19.0 Å². The van der Waals surface area contributed by atoms with Crippen molar-refractivity contribution in [2.45, 2.75) is 37.3 Å². The smallest absolute Gasteiger partial charge is 0.396 e. The standard InChI is InChI=1S/C10H17F3O2S/c1-7(5-14)6-16-9(10(11,12)13)8-3-2-4-15-8/h7-9,14H,2-6H2,1H3. The maximum absolute atomic E-state index is 12.8. The number of alkyl halides is 3. The highest BCUT2D eigenvalue weighted by molar-refractivity contribution is 8.00. The van der Waals surface area contributed by atoms with Crippen LogP contribution in [0, 0.1) is 5.92 Å². The zero-order chi connectivity index (χ0) is 12.2. The zero-order valence-electron chi connectivity index (χ0n) is 9.17. The summed E-state index contributed by atoms with van der Waals surface area (Å²) in [5.74, 6) is 0.192. The topological polar surface area (TPSA) is 29.5 Å². The largest absolute Gasteiger partial charge is 0.403 e. The molecular formula is C10H17F3O2S. The average molecular weight is 258 g/mol. The second-order valence-corrected chi connectivity index (χ2v) is 5.31. The van der Waals surface area contributed by atoms with Crippen LogP contribution in [0.4, 0.5) is 13.2 Å². The third-order valence-electron chi connectivity index (χ3n) is 2.50.